The molecule has 0 unspecified atom stereocenters. The van der Waals surface area contributed by atoms with Gasteiger partial charge < -0.3 is 16.0 Å². The lowest BCUT2D eigenvalue weighted by molar-refractivity contribution is 0.931. The molecule has 3 heterocycles. The molecule has 20 heavy (non-hydrogen) atoms. The van der Waals surface area contributed by atoms with E-state index in [4.69, 9.17) is 5.73 Å². The maximum atomic E-state index is 6.17. The van der Waals surface area contributed by atoms with Crippen molar-refractivity contribution in [2.75, 3.05) is 29.0 Å². The number of nitrogens with one attached hydrogen (secondary N) is 1. The van der Waals surface area contributed by atoms with Gasteiger partial charge in [0.15, 0.2) is 11.6 Å². The molecule has 1 saturated heterocycles. The van der Waals surface area contributed by atoms with Gasteiger partial charge in [0.2, 0.25) is 0 Å². The van der Waals surface area contributed by atoms with Gasteiger partial charge in [-0.3, -0.25) is 0 Å². The van der Waals surface area contributed by atoms with E-state index in [-0.39, 0.29) is 0 Å². The summed E-state index contributed by atoms with van der Waals surface area (Å²) in [5.41, 5.74) is 6.74. The summed E-state index contributed by atoms with van der Waals surface area (Å²) in [6.45, 7) is 1.99. The van der Waals surface area contributed by atoms with Crippen molar-refractivity contribution in [3.05, 3.63) is 29.1 Å². The Morgan fingerprint density at radius 2 is 1.95 bits per heavy atom. The number of hydrogen-bond acceptors (Lipinski definition) is 6. The molecular weight excluding hydrogens is 320 g/mol. The Morgan fingerprint density at radius 1 is 1.15 bits per heavy atom. The number of halogens is 1. The molecule has 0 atom stereocenters. The summed E-state index contributed by atoms with van der Waals surface area (Å²) in [5.74, 6) is 2.10. The van der Waals surface area contributed by atoms with Gasteiger partial charge in [-0.25, -0.2) is 15.0 Å². The fraction of sp³-hybridized carbons (Fsp3) is 0.308. The van der Waals surface area contributed by atoms with E-state index < -0.39 is 0 Å². The maximum Gasteiger partial charge on any atom is 0.160 e. The van der Waals surface area contributed by atoms with E-state index in [2.05, 4.69) is 41.1 Å². The third-order valence-corrected chi connectivity index (χ3v) is 3.71. The average molecular weight is 335 g/mol. The summed E-state index contributed by atoms with van der Waals surface area (Å²) in [6.07, 6.45) is 5.62. The number of aromatic nitrogens is 3. The van der Waals surface area contributed by atoms with Crippen LogP contribution in [-0.4, -0.2) is 28.0 Å². The Balaban J connectivity index is 1.86. The van der Waals surface area contributed by atoms with Crippen molar-refractivity contribution in [1.82, 2.24) is 15.0 Å². The van der Waals surface area contributed by atoms with Crippen molar-refractivity contribution < 1.29 is 0 Å². The molecule has 3 N–H and O–H groups in total. The van der Waals surface area contributed by atoms with Gasteiger partial charge in [-0.15, -0.1) is 0 Å². The zero-order valence-corrected chi connectivity index (χ0v) is 12.5. The van der Waals surface area contributed by atoms with Crippen LogP contribution in [-0.2, 0) is 0 Å². The topological polar surface area (TPSA) is 80.0 Å². The van der Waals surface area contributed by atoms with Crippen molar-refractivity contribution >= 4 is 39.1 Å². The lowest BCUT2D eigenvalue weighted by Gasteiger charge is -2.19. The lowest BCUT2D eigenvalue weighted by Crippen LogP contribution is -2.21. The highest BCUT2D eigenvalue weighted by Gasteiger charge is 2.18. The van der Waals surface area contributed by atoms with Crippen LogP contribution < -0.4 is 16.0 Å². The SMILES string of the molecule is Nc1c(Nc2ccc(Br)cn2)ncnc1N1CCCC1. The molecule has 0 aromatic carbocycles. The number of hydrogen-bond donors (Lipinski definition) is 2. The molecule has 7 heteroatoms. The zero-order valence-electron chi connectivity index (χ0n) is 10.9. The van der Waals surface area contributed by atoms with Gasteiger partial charge in [-0.2, -0.15) is 0 Å². The van der Waals surface area contributed by atoms with Crippen LogP contribution in [0.2, 0.25) is 0 Å². The normalized spacial score (nSPS) is 14.6. The molecule has 1 aliphatic heterocycles. The molecule has 0 spiro atoms. The number of nitrogen functional groups attached to an aromatic ring is 1. The van der Waals surface area contributed by atoms with Crippen LogP contribution in [0, 0.1) is 0 Å². The van der Waals surface area contributed by atoms with E-state index in [9.17, 15) is 0 Å². The Kier molecular flexibility index (Phi) is 3.68. The molecule has 0 aliphatic carbocycles. The van der Waals surface area contributed by atoms with Gasteiger partial charge in [0.25, 0.3) is 0 Å². The predicted octanol–water partition coefficient (Wildman–Crippen LogP) is 2.56. The molecule has 2 aromatic rings. The smallest absolute Gasteiger partial charge is 0.160 e. The van der Waals surface area contributed by atoms with Crippen molar-refractivity contribution in [2.24, 2.45) is 0 Å². The maximum absolute atomic E-state index is 6.17. The van der Waals surface area contributed by atoms with Gasteiger partial charge >= 0.3 is 0 Å². The van der Waals surface area contributed by atoms with Crippen LogP contribution in [0.5, 0.6) is 0 Å². The van der Waals surface area contributed by atoms with Crippen molar-refractivity contribution in [1.29, 1.82) is 0 Å². The van der Waals surface area contributed by atoms with Crippen LogP contribution in [0.15, 0.2) is 29.1 Å². The summed E-state index contributed by atoms with van der Waals surface area (Å²) in [4.78, 5) is 14.9. The number of nitrogens with two attached hydrogens (primary N) is 1. The molecule has 6 nitrogen and oxygen atoms in total. The van der Waals surface area contributed by atoms with Crippen LogP contribution in [0.4, 0.5) is 23.1 Å². The standard InChI is InChI=1S/C13H15BrN6/c14-9-3-4-10(16-7-9)19-12-11(15)13(18-8-17-12)20-5-1-2-6-20/h3-4,7-8H,1-2,5-6,15H2,(H,16,17,18,19). The minimum absolute atomic E-state index is 0.569. The summed E-state index contributed by atoms with van der Waals surface area (Å²) in [6, 6.07) is 3.77. The third kappa shape index (κ3) is 2.67. The van der Waals surface area contributed by atoms with Crippen LogP contribution in [0.25, 0.3) is 0 Å². The monoisotopic (exact) mass is 334 g/mol. The van der Waals surface area contributed by atoms with Gasteiger partial charge in [-0.1, -0.05) is 0 Å². The number of nitrogens with zero attached hydrogens (tertiary/aromatic N) is 4. The second-order valence-electron chi connectivity index (χ2n) is 4.64. The highest BCUT2D eigenvalue weighted by Crippen LogP contribution is 2.30. The van der Waals surface area contributed by atoms with E-state index in [0.717, 1.165) is 23.4 Å². The van der Waals surface area contributed by atoms with Crippen molar-refractivity contribution in [3.63, 3.8) is 0 Å². The summed E-state index contributed by atoms with van der Waals surface area (Å²) in [7, 11) is 0. The van der Waals surface area contributed by atoms with Gasteiger partial charge in [0, 0.05) is 23.8 Å². The first-order valence-electron chi connectivity index (χ1n) is 6.48. The van der Waals surface area contributed by atoms with E-state index in [1.165, 1.54) is 19.2 Å². The fourth-order valence-electron chi connectivity index (χ4n) is 2.24. The molecule has 1 aliphatic rings. The highest BCUT2D eigenvalue weighted by molar-refractivity contribution is 9.10. The van der Waals surface area contributed by atoms with Crippen molar-refractivity contribution in [3.8, 4) is 0 Å². The Morgan fingerprint density at radius 3 is 2.65 bits per heavy atom. The number of pyridine rings is 1. The Bertz CT molecular complexity index is 594. The van der Waals surface area contributed by atoms with E-state index in [0.29, 0.717) is 17.3 Å². The first kappa shape index (κ1) is 13.1. The Labute approximate surface area is 125 Å². The minimum atomic E-state index is 0.569. The van der Waals surface area contributed by atoms with E-state index in [1.54, 1.807) is 6.20 Å². The fourth-order valence-corrected chi connectivity index (χ4v) is 2.47. The lowest BCUT2D eigenvalue weighted by atomic mass is 10.4. The Hall–Kier alpha value is -1.89. The van der Waals surface area contributed by atoms with Gasteiger partial charge in [0.05, 0.1) is 0 Å². The second-order valence-corrected chi connectivity index (χ2v) is 5.56. The van der Waals surface area contributed by atoms with Gasteiger partial charge in [-0.05, 0) is 40.9 Å². The molecule has 104 valence electrons. The first-order valence-corrected chi connectivity index (χ1v) is 7.27. The van der Waals surface area contributed by atoms with E-state index in [1.807, 2.05) is 12.1 Å². The predicted molar refractivity (Wildman–Crippen MR) is 83.1 cm³/mol. The summed E-state index contributed by atoms with van der Waals surface area (Å²) >= 11 is 3.35. The second kappa shape index (κ2) is 5.62. The number of anilines is 4. The molecule has 0 radical (unpaired) electrons. The highest BCUT2D eigenvalue weighted by atomic mass is 79.9. The third-order valence-electron chi connectivity index (χ3n) is 3.24. The van der Waals surface area contributed by atoms with Crippen LogP contribution in [0.1, 0.15) is 12.8 Å². The van der Waals surface area contributed by atoms with Crippen molar-refractivity contribution in [2.45, 2.75) is 12.8 Å². The minimum Gasteiger partial charge on any atom is -0.393 e. The summed E-state index contributed by atoms with van der Waals surface area (Å²) in [5, 5.41) is 3.13. The van der Waals surface area contributed by atoms with Gasteiger partial charge in [0.1, 0.15) is 17.8 Å². The zero-order chi connectivity index (χ0) is 13.9. The molecule has 0 amide bonds. The first-order chi connectivity index (χ1) is 9.74. The quantitative estimate of drug-likeness (QED) is 0.897. The molecule has 1 fully saturated rings. The van der Waals surface area contributed by atoms with Crippen LogP contribution in [0.3, 0.4) is 0 Å². The molecule has 3 rings (SSSR count). The number of rotatable bonds is 3. The molecule has 0 saturated carbocycles. The molecule has 2 aromatic heterocycles. The molecular formula is C13H15BrN6. The largest absolute Gasteiger partial charge is 0.393 e. The average Bonchev–Trinajstić information content (AvgIpc) is 2.97. The molecule has 0 bridgehead atoms. The summed E-state index contributed by atoms with van der Waals surface area (Å²) < 4.78 is 0.927. The van der Waals surface area contributed by atoms with Crippen LogP contribution >= 0.6 is 15.9 Å². The van der Waals surface area contributed by atoms with E-state index >= 15 is 0 Å².